The SMILES string of the molecule is COc1ccc(Cl)c2sc(N(CCN(C)C)C(=O)/C=C/c3ccc4c(c3)OCO4)nc12. The van der Waals surface area contributed by atoms with Crippen LogP contribution < -0.4 is 19.1 Å². The van der Waals surface area contributed by atoms with Crippen LogP contribution in [-0.4, -0.2) is 56.9 Å². The summed E-state index contributed by atoms with van der Waals surface area (Å²) in [7, 11) is 5.51. The quantitative estimate of drug-likeness (QED) is 0.491. The Morgan fingerprint density at radius 2 is 2.03 bits per heavy atom. The molecule has 0 spiro atoms. The molecule has 0 aliphatic carbocycles. The zero-order chi connectivity index (χ0) is 22.0. The van der Waals surface area contributed by atoms with E-state index in [2.05, 4.69) is 4.98 Å². The molecule has 7 nitrogen and oxygen atoms in total. The summed E-state index contributed by atoms with van der Waals surface area (Å²) in [5, 5.41) is 1.15. The second-order valence-corrected chi connectivity index (χ2v) is 8.55. The second kappa shape index (κ2) is 9.13. The largest absolute Gasteiger partial charge is 0.494 e. The molecular weight excluding hydrogens is 438 g/mol. The van der Waals surface area contributed by atoms with E-state index in [1.165, 1.54) is 17.4 Å². The predicted octanol–water partition coefficient (Wildman–Crippen LogP) is 4.30. The first-order chi connectivity index (χ1) is 15.0. The van der Waals surface area contributed by atoms with Crippen molar-refractivity contribution < 1.29 is 19.0 Å². The second-order valence-electron chi connectivity index (χ2n) is 7.16. The predicted molar refractivity (Wildman–Crippen MR) is 124 cm³/mol. The lowest BCUT2D eigenvalue weighted by Crippen LogP contribution is -2.35. The first kappa shape index (κ1) is 21.4. The molecule has 2 heterocycles. The number of thiazole rings is 1. The fourth-order valence-electron chi connectivity index (χ4n) is 3.10. The minimum Gasteiger partial charge on any atom is -0.494 e. The molecular formula is C22H22ClN3O4S. The van der Waals surface area contributed by atoms with Gasteiger partial charge in [-0.1, -0.05) is 29.0 Å². The number of aromatic nitrogens is 1. The molecule has 0 saturated carbocycles. The van der Waals surface area contributed by atoms with E-state index >= 15 is 0 Å². The van der Waals surface area contributed by atoms with Gasteiger partial charge in [0.1, 0.15) is 11.3 Å². The molecule has 1 aliphatic rings. The Balaban J connectivity index is 1.64. The van der Waals surface area contributed by atoms with Gasteiger partial charge in [-0.05, 0) is 50.0 Å². The van der Waals surface area contributed by atoms with Gasteiger partial charge in [0.05, 0.1) is 16.8 Å². The average molecular weight is 460 g/mol. The van der Waals surface area contributed by atoms with Crippen LogP contribution in [0.4, 0.5) is 5.13 Å². The van der Waals surface area contributed by atoms with E-state index in [1.54, 1.807) is 30.2 Å². The molecule has 2 aromatic carbocycles. The third kappa shape index (κ3) is 4.61. The van der Waals surface area contributed by atoms with Gasteiger partial charge in [0.15, 0.2) is 16.6 Å². The molecule has 162 valence electrons. The molecule has 0 atom stereocenters. The van der Waals surface area contributed by atoms with Crippen LogP contribution in [0.25, 0.3) is 16.3 Å². The number of halogens is 1. The van der Waals surface area contributed by atoms with Gasteiger partial charge in [-0.15, -0.1) is 0 Å². The molecule has 0 radical (unpaired) electrons. The Bertz CT molecular complexity index is 1150. The minimum atomic E-state index is -0.173. The smallest absolute Gasteiger partial charge is 0.252 e. The highest BCUT2D eigenvalue weighted by Crippen LogP contribution is 2.39. The molecule has 1 aromatic heterocycles. The molecule has 0 bridgehead atoms. The summed E-state index contributed by atoms with van der Waals surface area (Å²) in [5.74, 6) is 1.83. The molecule has 9 heteroatoms. The molecule has 31 heavy (non-hydrogen) atoms. The maximum Gasteiger partial charge on any atom is 0.252 e. The number of hydrogen-bond donors (Lipinski definition) is 0. The summed E-state index contributed by atoms with van der Waals surface area (Å²) in [6.45, 7) is 1.38. The number of nitrogens with zero attached hydrogens (tertiary/aromatic N) is 3. The number of carbonyl (C=O) groups excluding carboxylic acids is 1. The number of fused-ring (bicyclic) bond motifs is 2. The van der Waals surface area contributed by atoms with E-state index in [1.807, 2.05) is 37.2 Å². The Kier molecular flexibility index (Phi) is 6.31. The van der Waals surface area contributed by atoms with Gasteiger partial charge in [-0.2, -0.15) is 0 Å². The Morgan fingerprint density at radius 3 is 2.81 bits per heavy atom. The van der Waals surface area contributed by atoms with Crippen LogP contribution in [0.2, 0.25) is 5.02 Å². The Hall–Kier alpha value is -2.81. The fourth-order valence-corrected chi connectivity index (χ4v) is 4.38. The number of likely N-dealkylation sites (N-methyl/N-ethyl adjacent to an activating group) is 1. The first-order valence-electron chi connectivity index (χ1n) is 9.63. The van der Waals surface area contributed by atoms with Crippen molar-refractivity contribution in [2.45, 2.75) is 0 Å². The normalized spacial score (nSPS) is 12.8. The van der Waals surface area contributed by atoms with Gasteiger partial charge in [0.25, 0.3) is 5.91 Å². The van der Waals surface area contributed by atoms with Crippen molar-refractivity contribution in [2.75, 3.05) is 46.0 Å². The molecule has 4 rings (SSSR count). The molecule has 1 aliphatic heterocycles. The number of ether oxygens (including phenoxy) is 3. The topological polar surface area (TPSA) is 64.1 Å². The van der Waals surface area contributed by atoms with Crippen molar-refractivity contribution in [1.82, 2.24) is 9.88 Å². The lowest BCUT2D eigenvalue weighted by molar-refractivity contribution is -0.114. The summed E-state index contributed by atoms with van der Waals surface area (Å²) < 4.78 is 16.9. The van der Waals surface area contributed by atoms with Crippen molar-refractivity contribution in [2.24, 2.45) is 0 Å². The minimum absolute atomic E-state index is 0.173. The van der Waals surface area contributed by atoms with Crippen LogP contribution in [0, 0.1) is 0 Å². The van der Waals surface area contributed by atoms with Gasteiger partial charge in [-0.3, -0.25) is 9.69 Å². The highest BCUT2D eigenvalue weighted by atomic mass is 35.5. The standard InChI is InChI=1S/C22H22ClN3O4S/c1-25(2)10-11-26(22-24-20-17(28-3)8-6-15(23)21(20)31-22)19(27)9-5-14-4-7-16-18(12-14)30-13-29-16/h4-9,12H,10-11,13H2,1-3H3/b9-5+. The van der Waals surface area contributed by atoms with Gasteiger partial charge in [0, 0.05) is 19.2 Å². The summed E-state index contributed by atoms with van der Waals surface area (Å²) >= 11 is 7.74. The van der Waals surface area contributed by atoms with Gasteiger partial charge in [-0.25, -0.2) is 4.98 Å². The van der Waals surface area contributed by atoms with Crippen molar-refractivity contribution in [3.05, 3.63) is 47.0 Å². The summed E-state index contributed by atoms with van der Waals surface area (Å²) in [5.41, 5.74) is 1.50. The van der Waals surface area contributed by atoms with Gasteiger partial charge >= 0.3 is 0 Å². The molecule has 0 fully saturated rings. The molecule has 0 unspecified atom stereocenters. The summed E-state index contributed by atoms with van der Waals surface area (Å²) in [6.07, 6.45) is 3.30. The average Bonchev–Trinajstić information content (AvgIpc) is 3.40. The third-order valence-corrected chi connectivity index (χ3v) is 6.29. The van der Waals surface area contributed by atoms with E-state index < -0.39 is 0 Å². The van der Waals surface area contributed by atoms with Crippen LogP contribution in [-0.2, 0) is 4.79 Å². The number of benzene rings is 2. The van der Waals surface area contributed by atoms with Gasteiger partial charge < -0.3 is 19.1 Å². The Labute approximate surface area is 189 Å². The molecule has 1 amide bonds. The van der Waals surface area contributed by atoms with Crippen LogP contribution in [0.1, 0.15) is 5.56 Å². The zero-order valence-corrected chi connectivity index (χ0v) is 19.0. The van der Waals surface area contributed by atoms with E-state index in [0.717, 1.165) is 10.3 Å². The van der Waals surface area contributed by atoms with Crippen molar-refractivity contribution in [3.8, 4) is 17.2 Å². The number of hydrogen-bond acceptors (Lipinski definition) is 7. The fraction of sp³-hybridized carbons (Fsp3) is 0.273. The molecule has 3 aromatic rings. The highest BCUT2D eigenvalue weighted by molar-refractivity contribution is 7.23. The van der Waals surface area contributed by atoms with Crippen molar-refractivity contribution in [1.29, 1.82) is 0 Å². The zero-order valence-electron chi connectivity index (χ0n) is 17.4. The molecule has 0 saturated heterocycles. The number of methoxy groups -OCH3 is 1. The lowest BCUT2D eigenvalue weighted by atomic mass is 10.2. The van der Waals surface area contributed by atoms with Crippen LogP contribution in [0.15, 0.2) is 36.4 Å². The summed E-state index contributed by atoms with van der Waals surface area (Å²) in [4.78, 5) is 21.5. The number of amides is 1. The first-order valence-corrected chi connectivity index (χ1v) is 10.8. The summed E-state index contributed by atoms with van der Waals surface area (Å²) in [6, 6.07) is 9.11. The van der Waals surface area contributed by atoms with Crippen LogP contribution in [0.3, 0.4) is 0 Å². The van der Waals surface area contributed by atoms with Crippen molar-refractivity contribution in [3.63, 3.8) is 0 Å². The lowest BCUT2D eigenvalue weighted by Gasteiger charge is -2.20. The number of rotatable bonds is 7. The third-order valence-electron chi connectivity index (χ3n) is 4.75. The molecule has 0 N–H and O–H groups in total. The Morgan fingerprint density at radius 1 is 1.23 bits per heavy atom. The van der Waals surface area contributed by atoms with E-state index in [4.69, 9.17) is 25.8 Å². The number of anilines is 1. The maximum absolute atomic E-state index is 13.1. The van der Waals surface area contributed by atoms with Crippen molar-refractivity contribution >= 4 is 50.3 Å². The van der Waals surface area contributed by atoms with Crippen LogP contribution in [0.5, 0.6) is 17.2 Å². The van der Waals surface area contributed by atoms with E-state index in [9.17, 15) is 4.79 Å². The van der Waals surface area contributed by atoms with Gasteiger partial charge in [0.2, 0.25) is 6.79 Å². The van der Waals surface area contributed by atoms with Crippen LogP contribution >= 0.6 is 22.9 Å². The van der Waals surface area contributed by atoms with E-state index in [0.29, 0.717) is 46.0 Å². The highest BCUT2D eigenvalue weighted by Gasteiger charge is 2.21. The maximum atomic E-state index is 13.1. The number of carbonyl (C=O) groups is 1. The monoisotopic (exact) mass is 459 g/mol. The van der Waals surface area contributed by atoms with E-state index in [-0.39, 0.29) is 12.7 Å².